The Hall–Kier alpha value is -4.14. The lowest BCUT2D eigenvalue weighted by molar-refractivity contribution is -0.145. The summed E-state index contributed by atoms with van der Waals surface area (Å²) in [7, 11) is -3.37. The maximum Gasteiger partial charge on any atom is 0.864 e. The Balaban J connectivity index is 2.24. The fraction of sp³-hybridized carbons (Fsp3) is 0.250. The molecule has 0 aliphatic carbocycles. The summed E-state index contributed by atoms with van der Waals surface area (Å²) in [5.41, 5.74) is -12.9. The SMILES string of the molecule is FC(F)(F)c1ccc(OB(Oc2ccc(C(F)(F)F)cc2C(F)(F)F)Oc2ccc(C(F)(F)F)cc2C(F)(F)F)c(C(F)(F)F)c1. The molecule has 0 radical (unpaired) electrons. The number of hydrogen-bond acceptors (Lipinski definition) is 3. The molecule has 252 valence electrons. The van der Waals surface area contributed by atoms with E-state index in [1.807, 2.05) is 0 Å². The summed E-state index contributed by atoms with van der Waals surface area (Å²) in [6.07, 6.45) is -33.6. The molecule has 0 saturated carbocycles. The summed E-state index contributed by atoms with van der Waals surface area (Å²) in [5.74, 6) is -5.36. The Morgan fingerprint density at radius 3 is 0.717 bits per heavy atom. The lowest BCUT2D eigenvalue weighted by atomic mass is 10.0. The monoisotopic (exact) mass is 698 g/mol. The van der Waals surface area contributed by atoms with Crippen LogP contribution < -0.4 is 14.0 Å². The van der Waals surface area contributed by atoms with E-state index in [0.717, 1.165) is 0 Å². The maximum atomic E-state index is 13.6. The minimum absolute atomic E-state index is 0.0693. The molecule has 0 atom stereocenters. The first kappa shape index (κ1) is 36.3. The van der Waals surface area contributed by atoms with Crippen molar-refractivity contribution in [1.82, 2.24) is 0 Å². The van der Waals surface area contributed by atoms with Crippen molar-refractivity contribution in [2.75, 3.05) is 0 Å². The van der Waals surface area contributed by atoms with Gasteiger partial charge in [0.05, 0.1) is 33.4 Å². The van der Waals surface area contributed by atoms with Crippen molar-refractivity contribution >= 4 is 7.32 Å². The molecule has 0 saturated heterocycles. The zero-order chi connectivity index (χ0) is 35.3. The molecule has 0 amide bonds. The summed E-state index contributed by atoms with van der Waals surface area (Å²) in [5, 5.41) is 0. The highest BCUT2D eigenvalue weighted by atomic mass is 19.4. The van der Waals surface area contributed by atoms with Crippen molar-refractivity contribution in [3.05, 3.63) is 88.0 Å². The molecule has 3 nitrogen and oxygen atoms in total. The molecule has 0 heterocycles. The van der Waals surface area contributed by atoms with Gasteiger partial charge in [-0.25, -0.2) is 0 Å². The smallest absolute Gasteiger partial charge is 0.489 e. The molecule has 0 fully saturated rings. The number of benzene rings is 3. The van der Waals surface area contributed by atoms with Crippen molar-refractivity contribution in [3.63, 3.8) is 0 Å². The molecule has 0 spiro atoms. The van der Waals surface area contributed by atoms with Gasteiger partial charge in [0.25, 0.3) is 0 Å². The molecule has 0 N–H and O–H groups in total. The van der Waals surface area contributed by atoms with E-state index < -0.39 is 113 Å². The Bertz CT molecular complexity index is 1360. The van der Waals surface area contributed by atoms with Crippen LogP contribution in [0.15, 0.2) is 54.6 Å². The molecule has 0 aliphatic heterocycles. The maximum absolute atomic E-state index is 13.6. The molecule has 0 aromatic heterocycles. The van der Waals surface area contributed by atoms with Gasteiger partial charge in [0.15, 0.2) is 0 Å². The van der Waals surface area contributed by atoms with Gasteiger partial charge in [0.1, 0.15) is 17.2 Å². The standard InChI is InChI=1S/C24H9BF18O3/c26-19(27,28)10-1-4-16(13(7-10)22(35,36)37)44-25(45-17-5-2-11(20(29,30)31)8-14(17)23(38,39)40)46-18-6-3-12(21(32,33)34)9-15(18)24(41,42)43/h1-9H. The van der Waals surface area contributed by atoms with Crippen LogP contribution in [0, 0.1) is 0 Å². The summed E-state index contributed by atoms with van der Waals surface area (Å²) in [6.45, 7) is 0. The number of alkyl halides is 18. The Labute approximate surface area is 243 Å². The molecule has 0 bridgehead atoms. The molecular weight excluding hydrogens is 689 g/mol. The van der Waals surface area contributed by atoms with E-state index in [4.69, 9.17) is 0 Å². The zero-order valence-corrected chi connectivity index (χ0v) is 21.3. The molecule has 3 rings (SSSR count). The second-order valence-corrected chi connectivity index (χ2v) is 8.76. The normalized spacial score (nSPS) is 13.4. The van der Waals surface area contributed by atoms with E-state index in [1.54, 1.807) is 0 Å². The average Bonchev–Trinajstić information content (AvgIpc) is 2.85. The van der Waals surface area contributed by atoms with E-state index in [9.17, 15) is 79.0 Å². The third kappa shape index (κ3) is 8.77. The third-order valence-electron chi connectivity index (χ3n) is 5.51. The van der Waals surface area contributed by atoms with Crippen LogP contribution >= 0.6 is 0 Å². The Kier molecular flexibility index (Phi) is 9.40. The summed E-state index contributed by atoms with van der Waals surface area (Å²) in [4.78, 5) is 0. The van der Waals surface area contributed by atoms with Crippen LogP contribution in [0.25, 0.3) is 0 Å². The molecule has 22 heteroatoms. The molecule has 46 heavy (non-hydrogen) atoms. The average molecular weight is 698 g/mol. The summed E-state index contributed by atoms with van der Waals surface area (Å²) >= 11 is 0. The third-order valence-corrected chi connectivity index (χ3v) is 5.51. The Morgan fingerprint density at radius 2 is 0.543 bits per heavy atom. The van der Waals surface area contributed by atoms with E-state index in [0.29, 0.717) is 0 Å². The first-order valence-electron chi connectivity index (χ1n) is 11.4. The van der Waals surface area contributed by atoms with Crippen molar-refractivity contribution < 1.29 is 93.0 Å². The first-order valence-corrected chi connectivity index (χ1v) is 11.4. The van der Waals surface area contributed by atoms with Gasteiger partial charge in [-0.1, -0.05) is 0 Å². The van der Waals surface area contributed by atoms with Gasteiger partial charge < -0.3 is 14.0 Å². The topological polar surface area (TPSA) is 27.7 Å². The van der Waals surface area contributed by atoms with Gasteiger partial charge in [-0.05, 0) is 54.6 Å². The highest BCUT2D eigenvalue weighted by molar-refractivity contribution is 6.39. The number of hydrogen-bond donors (Lipinski definition) is 0. The van der Waals surface area contributed by atoms with Crippen molar-refractivity contribution in [1.29, 1.82) is 0 Å². The molecule has 0 unspecified atom stereocenters. The lowest BCUT2D eigenvalue weighted by Gasteiger charge is -2.23. The van der Waals surface area contributed by atoms with Gasteiger partial charge in [-0.15, -0.1) is 0 Å². The van der Waals surface area contributed by atoms with Crippen LogP contribution in [-0.4, -0.2) is 7.32 Å². The van der Waals surface area contributed by atoms with Crippen molar-refractivity contribution in [2.24, 2.45) is 0 Å². The van der Waals surface area contributed by atoms with Gasteiger partial charge in [0, 0.05) is 0 Å². The predicted molar refractivity (Wildman–Crippen MR) is 117 cm³/mol. The van der Waals surface area contributed by atoms with Crippen LogP contribution in [-0.2, 0) is 37.1 Å². The lowest BCUT2D eigenvalue weighted by Crippen LogP contribution is -2.39. The molecular formula is C24H9BF18O3. The first-order chi connectivity index (χ1) is 20.6. The summed E-state index contributed by atoms with van der Waals surface area (Å²) in [6, 6.07) is -2.23. The van der Waals surface area contributed by atoms with Crippen molar-refractivity contribution in [2.45, 2.75) is 37.1 Å². The van der Waals surface area contributed by atoms with Gasteiger partial charge in [0.2, 0.25) is 0 Å². The van der Waals surface area contributed by atoms with Gasteiger partial charge >= 0.3 is 44.4 Å². The van der Waals surface area contributed by atoms with Crippen LogP contribution in [0.4, 0.5) is 79.0 Å². The van der Waals surface area contributed by atoms with E-state index in [1.165, 1.54) is 0 Å². The molecule has 3 aromatic rings. The molecule has 3 aromatic carbocycles. The van der Waals surface area contributed by atoms with Gasteiger partial charge in [-0.3, -0.25) is 0 Å². The highest BCUT2D eigenvalue weighted by Gasteiger charge is 2.46. The fourth-order valence-electron chi connectivity index (χ4n) is 3.47. The van der Waals surface area contributed by atoms with Crippen molar-refractivity contribution in [3.8, 4) is 17.2 Å². The molecule has 0 aliphatic rings. The zero-order valence-electron chi connectivity index (χ0n) is 21.3. The number of halogens is 18. The second kappa shape index (κ2) is 11.9. The Morgan fingerprint density at radius 1 is 0.326 bits per heavy atom. The predicted octanol–water partition coefficient (Wildman–Crippen LogP) is 10.3. The number of rotatable bonds is 6. The highest BCUT2D eigenvalue weighted by Crippen LogP contribution is 2.44. The minimum atomic E-state index is -5.77. The van der Waals surface area contributed by atoms with E-state index in [2.05, 4.69) is 14.0 Å². The summed E-state index contributed by atoms with van der Waals surface area (Å²) < 4.78 is 254. The van der Waals surface area contributed by atoms with Crippen LogP contribution in [0.2, 0.25) is 0 Å². The van der Waals surface area contributed by atoms with Gasteiger partial charge in [-0.2, -0.15) is 79.0 Å². The van der Waals surface area contributed by atoms with E-state index >= 15 is 0 Å². The van der Waals surface area contributed by atoms with E-state index in [-0.39, 0.29) is 36.4 Å². The second-order valence-electron chi connectivity index (χ2n) is 8.76. The van der Waals surface area contributed by atoms with Crippen LogP contribution in [0.3, 0.4) is 0 Å². The van der Waals surface area contributed by atoms with Crippen LogP contribution in [0.1, 0.15) is 33.4 Å². The minimum Gasteiger partial charge on any atom is -0.489 e. The van der Waals surface area contributed by atoms with Crippen LogP contribution in [0.5, 0.6) is 17.2 Å². The quantitative estimate of drug-likeness (QED) is 0.190. The fourth-order valence-corrected chi connectivity index (χ4v) is 3.47. The largest absolute Gasteiger partial charge is 0.864 e.